The molecule has 0 amide bonds. The van der Waals surface area contributed by atoms with Crippen molar-refractivity contribution in [2.45, 2.75) is 24.7 Å². The highest BCUT2D eigenvalue weighted by Gasteiger charge is 2.08. The van der Waals surface area contributed by atoms with Gasteiger partial charge in [0, 0.05) is 16.8 Å². The molecule has 1 aromatic rings. The van der Waals surface area contributed by atoms with E-state index in [1.807, 2.05) is 18.0 Å². The number of pyridine rings is 1. The van der Waals surface area contributed by atoms with E-state index in [1.165, 1.54) is 29.1 Å². The Morgan fingerprint density at radius 2 is 2.45 bits per heavy atom. The molecule has 1 aliphatic rings. The fraction of sp³-hybridized carbons (Fsp3) is 0.444. The van der Waals surface area contributed by atoms with Crippen LogP contribution in [0, 0.1) is 6.92 Å². The largest absolute Gasteiger partial charge is 0.261 e. The monoisotopic (exact) mass is 165 g/mol. The van der Waals surface area contributed by atoms with Gasteiger partial charge in [0.1, 0.15) is 0 Å². The first-order chi connectivity index (χ1) is 5.36. The summed E-state index contributed by atoms with van der Waals surface area (Å²) >= 11 is 1.96. The third-order valence-electron chi connectivity index (χ3n) is 1.93. The Balaban J connectivity index is 2.43. The van der Waals surface area contributed by atoms with E-state index in [1.54, 1.807) is 0 Å². The van der Waals surface area contributed by atoms with Crippen molar-refractivity contribution in [3.8, 4) is 0 Å². The molecular weight excluding hydrogens is 154 g/mol. The van der Waals surface area contributed by atoms with E-state index >= 15 is 0 Å². The molecule has 1 aromatic heterocycles. The molecule has 2 rings (SSSR count). The van der Waals surface area contributed by atoms with E-state index in [0.29, 0.717) is 0 Å². The number of thioether (sulfide) groups is 1. The number of nitrogens with zero attached hydrogens (tertiary/aromatic N) is 1. The predicted molar refractivity (Wildman–Crippen MR) is 48.0 cm³/mol. The molecule has 1 nitrogen and oxygen atoms in total. The zero-order chi connectivity index (χ0) is 7.68. The summed E-state index contributed by atoms with van der Waals surface area (Å²) in [5, 5.41) is 0. The van der Waals surface area contributed by atoms with Crippen LogP contribution in [0.5, 0.6) is 0 Å². The van der Waals surface area contributed by atoms with Crippen molar-refractivity contribution in [1.82, 2.24) is 4.98 Å². The van der Waals surface area contributed by atoms with Crippen molar-refractivity contribution in [1.29, 1.82) is 0 Å². The lowest BCUT2D eigenvalue weighted by Gasteiger charge is -2.14. The first kappa shape index (κ1) is 7.17. The Morgan fingerprint density at radius 1 is 1.55 bits per heavy atom. The Morgan fingerprint density at radius 3 is 3.36 bits per heavy atom. The van der Waals surface area contributed by atoms with Crippen molar-refractivity contribution in [3.05, 3.63) is 23.5 Å². The maximum Gasteiger partial charge on any atom is 0.0384 e. The topological polar surface area (TPSA) is 12.9 Å². The predicted octanol–water partition coefficient (Wildman–Crippen LogP) is 2.43. The fourth-order valence-electron chi connectivity index (χ4n) is 1.33. The van der Waals surface area contributed by atoms with Crippen LogP contribution in [0.3, 0.4) is 0 Å². The molecule has 0 bridgehead atoms. The van der Waals surface area contributed by atoms with Crippen molar-refractivity contribution in [3.63, 3.8) is 0 Å². The summed E-state index contributed by atoms with van der Waals surface area (Å²) in [6.45, 7) is 2.05. The summed E-state index contributed by atoms with van der Waals surface area (Å²) < 4.78 is 0. The maximum atomic E-state index is 4.28. The zero-order valence-corrected chi connectivity index (χ0v) is 7.45. The summed E-state index contributed by atoms with van der Waals surface area (Å²) in [5.74, 6) is 1.27. The SMILES string of the molecule is Cc1cc2c(cn1)CCCS2. The molecule has 0 spiro atoms. The lowest BCUT2D eigenvalue weighted by atomic mass is 10.1. The van der Waals surface area contributed by atoms with E-state index < -0.39 is 0 Å². The average Bonchev–Trinajstić information content (AvgIpc) is 2.04. The van der Waals surface area contributed by atoms with Crippen LogP contribution in [-0.4, -0.2) is 10.7 Å². The fourth-order valence-corrected chi connectivity index (χ4v) is 2.43. The van der Waals surface area contributed by atoms with Crippen LogP contribution in [-0.2, 0) is 6.42 Å². The van der Waals surface area contributed by atoms with Crippen molar-refractivity contribution in [2.75, 3.05) is 5.75 Å². The minimum absolute atomic E-state index is 1.14. The van der Waals surface area contributed by atoms with Crippen LogP contribution in [0.25, 0.3) is 0 Å². The van der Waals surface area contributed by atoms with E-state index in [-0.39, 0.29) is 0 Å². The number of aromatic nitrogens is 1. The van der Waals surface area contributed by atoms with Crippen LogP contribution >= 0.6 is 11.8 Å². The van der Waals surface area contributed by atoms with Gasteiger partial charge in [0.2, 0.25) is 0 Å². The highest BCUT2D eigenvalue weighted by Crippen LogP contribution is 2.29. The van der Waals surface area contributed by atoms with Gasteiger partial charge in [0.05, 0.1) is 0 Å². The normalized spacial score (nSPS) is 16.1. The maximum absolute atomic E-state index is 4.28. The van der Waals surface area contributed by atoms with E-state index in [9.17, 15) is 0 Å². The molecule has 0 N–H and O–H groups in total. The number of hydrogen-bond acceptors (Lipinski definition) is 2. The Hall–Kier alpha value is -0.500. The minimum atomic E-state index is 1.14. The molecule has 2 heterocycles. The van der Waals surface area contributed by atoms with Crippen LogP contribution < -0.4 is 0 Å². The van der Waals surface area contributed by atoms with Crippen molar-refractivity contribution in [2.24, 2.45) is 0 Å². The quantitative estimate of drug-likeness (QED) is 0.585. The first-order valence-electron chi connectivity index (χ1n) is 3.94. The van der Waals surface area contributed by atoms with Crippen molar-refractivity contribution >= 4 is 11.8 Å². The number of aryl methyl sites for hydroxylation is 2. The molecule has 0 saturated carbocycles. The Labute approximate surface area is 71.2 Å². The lowest BCUT2D eigenvalue weighted by Crippen LogP contribution is -1.99. The molecule has 0 saturated heterocycles. The first-order valence-corrected chi connectivity index (χ1v) is 4.93. The molecule has 1 aliphatic heterocycles. The molecule has 2 heteroatoms. The van der Waals surface area contributed by atoms with Gasteiger partial charge in [-0.25, -0.2) is 0 Å². The second-order valence-corrected chi connectivity index (χ2v) is 4.02. The Kier molecular flexibility index (Phi) is 1.86. The minimum Gasteiger partial charge on any atom is -0.261 e. The van der Waals surface area contributed by atoms with Crippen molar-refractivity contribution < 1.29 is 0 Å². The van der Waals surface area contributed by atoms with E-state index in [2.05, 4.69) is 18.0 Å². The second-order valence-electron chi connectivity index (χ2n) is 2.89. The molecule has 0 atom stereocenters. The standard InChI is InChI=1S/C9H11NS/c1-7-5-9-8(6-10-7)3-2-4-11-9/h5-6H,2-4H2,1H3. The van der Waals surface area contributed by atoms with E-state index in [4.69, 9.17) is 0 Å². The van der Waals surface area contributed by atoms with Gasteiger partial charge in [-0.1, -0.05) is 0 Å². The number of rotatable bonds is 0. The van der Waals surface area contributed by atoms with Gasteiger partial charge >= 0.3 is 0 Å². The second kappa shape index (κ2) is 2.86. The number of fused-ring (bicyclic) bond motifs is 1. The van der Waals surface area contributed by atoms with Gasteiger partial charge in [0.25, 0.3) is 0 Å². The summed E-state index contributed by atoms with van der Waals surface area (Å²) in [7, 11) is 0. The molecule has 11 heavy (non-hydrogen) atoms. The average molecular weight is 165 g/mol. The van der Waals surface area contributed by atoms with Gasteiger partial charge in [-0.05, 0) is 37.1 Å². The molecule has 0 unspecified atom stereocenters. The van der Waals surface area contributed by atoms with Gasteiger partial charge < -0.3 is 0 Å². The summed E-state index contributed by atoms with van der Waals surface area (Å²) in [5.41, 5.74) is 2.57. The van der Waals surface area contributed by atoms with Crippen LogP contribution in [0.4, 0.5) is 0 Å². The molecule has 58 valence electrons. The van der Waals surface area contributed by atoms with Crippen LogP contribution in [0.1, 0.15) is 17.7 Å². The van der Waals surface area contributed by atoms with Crippen LogP contribution in [0.2, 0.25) is 0 Å². The molecule has 0 fully saturated rings. The summed E-state index contributed by atoms with van der Waals surface area (Å²) in [6.07, 6.45) is 4.55. The van der Waals surface area contributed by atoms with Gasteiger partial charge in [0.15, 0.2) is 0 Å². The summed E-state index contributed by atoms with van der Waals surface area (Å²) in [6, 6.07) is 2.19. The molecule has 0 aromatic carbocycles. The number of hydrogen-bond donors (Lipinski definition) is 0. The summed E-state index contributed by atoms with van der Waals surface area (Å²) in [4.78, 5) is 5.73. The zero-order valence-electron chi connectivity index (χ0n) is 6.63. The van der Waals surface area contributed by atoms with Gasteiger partial charge in [-0.3, -0.25) is 4.98 Å². The van der Waals surface area contributed by atoms with Crippen LogP contribution in [0.15, 0.2) is 17.2 Å². The Bertz CT molecular complexity index is 270. The third kappa shape index (κ3) is 1.41. The highest BCUT2D eigenvalue weighted by molar-refractivity contribution is 7.99. The third-order valence-corrected chi connectivity index (χ3v) is 3.11. The smallest absolute Gasteiger partial charge is 0.0384 e. The lowest BCUT2D eigenvalue weighted by molar-refractivity contribution is 0.873. The van der Waals surface area contributed by atoms with Gasteiger partial charge in [-0.15, -0.1) is 11.8 Å². The molecule has 0 aliphatic carbocycles. The van der Waals surface area contributed by atoms with E-state index in [0.717, 1.165) is 5.69 Å². The molecule has 0 radical (unpaired) electrons. The highest BCUT2D eigenvalue weighted by atomic mass is 32.2. The molecular formula is C9H11NS. The van der Waals surface area contributed by atoms with Gasteiger partial charge in [-0.2, -0.15) is 0 Å².